The summed E-state index contributed by atoms with van der Waals surface area (Å²) in [5, 5.41) is 5.01. The number of rotatable bonds is 2. The number of likely N-dealkylation sites (tertiary alicyclic amines) is 1. The zero-order valence-corrected chi connectivity index (χ0v) is 13.1. The van der Waals surface area contributed by atoms with Crippen molar-refractivity contribution in [1.82, 2.24) is 15.5 Å². The Kier molecular flexibility index (Phi) is 6.49. The summed E-state index contributed by atoms with van der Waals surface area (Å²) in [5.41, 5.74) is 0. The molecule has 0 aliphatic carbocycles. The normalized spacial score (nSPS) is 29.5. The fourth-order valence-electron chi connectivity index (χ4n) is 2.92. The molecule has 3 atom stereocenters. The molecule has 0 bridgehead atoms. The summed E-state index contributed by atoms with van der Waals surface area (Å²) in [5.74, 6) is -2.15. The quantitative estimate of drug-likeness (QED) is 0.737. The van der Waals surface area contributed by atoms with E-state index < -0.39 is 24.0 Å². The Balaban J connectivity index is 0.00000242. The number of hydrogen-bond donors (Lipinski definition) is 2. The minimum atomic E-state index is -4.45. The minimum Gasteiger partial charge on any atom is -0.344 e. The smallest absolute Gasteiger partial charge is 0.344 e. The summed E-state index contributed by atoms with van der Waals surface area (Å²) < 4.78 is 37.7. The number of piperidine rings is 2. The molecule has 128 valence electrons. The fraction of sp³-hybridized carbons (Fsp3) is 0.846. The van der Waals surface area contributed by atoms with E-state index >= 15 is 0 Å². The number of halogens is 4. The largest absolute Gasteiger partial charge is 0.408 e. The molecule has 9 heteroatoms. The van der Waals surface area contributed by atoms with Crippen LogP contribution in [-0.4, -0.2) is 55.1 Å². The van der Waals surface area contributed by atoms with Gasteiger partial charge in [0, 0.05) is 19.1 Å². The molecular weight excluding hydrogens is 323 g/mol. The van der Waals surface area contributed by atoms with Crippen molar-refractivity contribution in [3.05, 3.63) is 0 Å². The van der Waals surface area contributed by atoms with E-state index in [9.17, 15) is 22.8 Å². The Morgan fingerprint density at radius 2 is 2.00 bits per heavy atom. The number of carbonyl (C=O) groups excluding carboxylic acids is 2. The van der Waals surface area contributed by atoms with Crippen LogP contribution in [0.1, 0.15) is 25.7 Å². The lowest BCUT2D eigenvalue weighted by atomic mass is 9.91. The second-order valence-corrected chi connectivity index (χ2v) is 5.64. The minimum absolute atomic E-state index is 0. The maximum absolute atomic E-state index is 12.6. The van der Waals surface area contributed by atoms with Crippen LogP contribution in [0.2, 0.25) is 0 Å². The van der Waals surface area contributed by atoms with Crippen LogP contribution in [0, 0.1) is 5.92 Å². The van der Waals surface area contributed by atoms with E-state index in [-0.39, 0.29) is 37.2 Å². The first kappa shape index (κ1) is 19.0. The molecule has 2 heterocycles. The second kappa shape index (κ2) is 7.50. The van der Waals surface area contributed by atoms with E-state index in [2.05, 4.69) is 5.32 Å². The second-order valence-electron chi connectivity index (χ2n) is 5.64. The van der Waals surface area contributed by atoms with E-state index in [1.165, 1.54) is 0 Å². The van der Waals surface area contributed by atoms with Gasteiger partial charge in [0.2, 0.25) is 11.8 Å². The third kappa shape index (κ3) is 4.25. The molecule has 0 saturated carbocycles. The predicted octanol–water partition coefficient (Wildman–Crippen LogP) is 1.08. The van der Waals surface area contributed by atoms with Crippen molar-refractivity contribution in [2.24, 2.45) is 5.92 Å². The molecule has 2 aliphatic heterocycles. The van der Waals surface area contributed by atoms with Crippen LogP contribution < -0.4 is 10.6 Å². The van der Waals surface area contributed by atoms with Crippen molar-refractivity contribution in [3.63, 3.8) is 0 Å². The zero-order chi connectivity index (χ0) is 15.6. The van der Waals surface area contributed by atoms with Crippen molar-refractivity contribution < 1.29 is 22.8 Å². The average Bonchev–Trinajstić information content (AvgIpc) is 2.45. The monoisotopic (exact) mass is 343 g/mol. The van der Waals surface area contributed by atoms with Gasteiger partial charge in [0.05, 0.1) is 0 Å². The SMILES string of the molecule is CNC1CCCN(C(=O)C2CCC(C(F)(F)F)NC2=O)C1.Cl. The lowest BCUT2D eigenvalue weighted by Crippen LogP contribution is -2.56. The van der Waals surface area contributed by atoms with Crippen molar-refractivity contribution >= 4 is 24.2 Å². The number of likely N-dealkylation sites (N-methyl/N-ethyl adjacent to an activating group) is 1. The van der Waals surface area contributed by atoms with Gasteiger partial charge in [0.15, 0.2) is 0 Å². The van der Waals surface area contributed by atoms with Crippen LogP contribution >= 0.6 is 12.4 Å². The summed E-state index contributed by atoms with van der Waals surface area (Å²) in [7, 11) is 1.81. The number of nitrogens with one attached hydrogen (secondary N) is 2. The maximum Gasteiger partial charge on any atom is 0.408 e. The number of alkyl halides is 3. The molecule has 2 N–H and O–H groups in total. The highest BCUT2D eigenvalue weighted by molar-refractivity contribution is 6.01. The molecular formula is C13H21ClF3N3O2. The number of amides is 2. The van der Waals surface area contributed by atoms with Gasteiger partial charge in [-0.3, -0.25) is 9.59 Å². The van der Waals surface area contributed by atoms with Crippen molar-refractivity contribution in [1.29, 1.82) is 0 Å². The Bertz CT molecular complexity index is 420. The lowest BCUT2D eigenvalue weighted by molar-refractivity contribution is -0.172. The van der Waals surface area contributed by atoms with Gasteiger partial charge in [-0.15, -0.1) is 12.4 Å². The third-order valence-corrected chi connectivity index (χ3v) is 4.21. The van der Waals surface area contributed by atoms with Gasteiger partial charge >= 0.3 is 6.18 Å². The van der Waals surface area contributed by atoms with E-state index in [4.69, 9.17) is 0 Å². The molecule has 2 fully saturated rings. The van der Waals surface area contributed by atoms with Crippen LogP contribution in [0.4, 0.5) is 13.2 Å². The van der Waals surface area contributed by atoms with Gasteiger partial charge in [-0.1, -0.05) is 0 Å². The molecule has 5 nitrogen and oxygen atoms in total. The number of carbonyl (C=O) groups is 2. The Morgan fingerprint density at radius 1 is 1.32 bits per heavy atom. The van der Waals surface area contributed by atoms with Crippen molar-refractivity contribution in [3.8, 4) is 0 Å². The van der Waals surface area contributed by atoms with Crippen LogP contribution in [-0.2, 0) is 9.59 Å². The van der Waals surface area contributed by atoms with E-state index in [0.29, 0.717) is 13.1 Å². The van der Waals surface area contributed by atoms with E-state index in [0.717, 1.165) is 12.8 Å². The molecule has 0 aromatic heterocycles. The predicted molar refractivity (Wildman–Crippen MR) is 76.6 cm³/mol. The molecule has 0 radical (unpaired) electrons. The summed E-state index contributed by atoms with van der Waals surface area (Å²) in [6, 6.07) is -1.65. The topological polar surface area (TPSA) is 61.4 Å². The zero-order valence-electron chi connectivity index (χ0n) is 12.3. The molecule has 2 saturated heterocycles. The van der Waals surface area contributed by atoms with Gasteiger partial charge in [0.25, 0.3) is 0 Å². The van der Waals surface area contributed by atoms with Gasteiger partial charge in [0.1, 0.15) is 12.0 Å². The average molecular weight is 344 g/mol. The Morgan fingerprint density at radius 3 is 2.55 bits per heavy atom. The van der Waals surface area contributed by atoms with Gasteiger partial charge in [-0.05, 0) is 32.7 Å². The standard InChI is InChI=1S/C13H20F3N3O2.ClH/c1-17-8-3-2-6-19(7-8)12(21)9-4-5-10(13(14,15)16)18-11(9)20;/h8-10,17H,2-7H2,1H3,(H,18,20);1H. The highest BCUT2D eigenvalue weighted by Crippen LogP contribution is 2.29. The molecule has 2 aliphatic rings. The van der Waals surface area contributed by atoms with Gasteiger partial charge in [-0.25, -0.2) is 0 Å². The highest BCUT2D eigenvalue weighted by atomic mass is 35.5. The first-order valence-corrected chi connectivity index (χ1v) is 7.16. The summed E-state index contributed by atoms with van der Waals surface area (Å²) in [4.78, 5) is 25.7. The molecule has 2 rings (SSSR count). The molecule has 0 aromatic rings. The van der Waals surface area contributed by atoms with Crippen molar-refractivity contribution in [2.75, 3.05) is 20.1 Å². The fourth-order valence-corrected chi connectivity index (χ4v) is 2.92. The van der Waals surface area contributed by atoms with E-state index in [1.54, 1.807) is 11.9 Å². The maximum atomic E-state index is 12.6. The summed E-state index contributed by atoms with van der Waals surface area (Å²) in [6.45, 7) is 1.06. The van der Waals surface area contributed by atoms with Crippen LogP contribution in [0.3, 0.4) is 0 Å². The van der Waals surface area contributed by atoms with Gasteiger partial charge < -0.3 is 15.5 Å². The van der Waals surface area contributed by atoms with Crippen LogP contribution in [0.5, 0.6) is 0 Å². The molecule has 2 amide bonds. The Labute approximate surface area is 133 Å². The number of nitrogens with zero attached hydrogens (tertiary/aromatic N) is 1. The van der Waals surface area contributed by atoms with Crippen LogP contribution in [0.15, 0.2) is 0 Å². The first-order valence-electron chi connectivity index (χ1n) is 7.16. The van der Waals surface area contributed by atoms with Crippen LogP contribution in [0.25, 0.3) is 0 Å². The number of hydrogen-bond acceptors (Lipinski definition) is 3. The van der Waals surface area contributed by atoms with Gasteiger partial charge in [-0.2, -0.15) is 13.2 Å². The Hall–Kier alpha value is -1.02. The third-order valence-electron chi connectivity index (χ3n) is 4.21. The lowest BCUT2D eigenvalue weighted by Gasteiger charge is -2.36. The first-order chi connectivity index (χ1) is 9.82. The van der Waals surface area contributed by atoms with Crippen molar-refractivity contribution in [2.45, 2.75) is 43.9 Å². The highest BCUT2D eigenvalue weighted by Gasteiger charge is 2.46. The molecule has 0 spiro atoms. The molecule has 22 heavy (non-hydrogen) atoms. The molecule has 3 unspecified atom stereocenters. The molecule has 0 aromatic carbocycles. The van der Waals surface area contributed by atoms with E-state index in [1.807, 2.05) is 5.32 Å². The summed E-state index contributed by atoms with van der Waals surface area (Å²) >= 11 is 0. The summed E-state index contributed by atoms with van der Waals surface area (Å²) in [6.07, 6.45) is -2.96.